The zero-order valence-corrected chi connectivity index (χ0v) is 11.8. The Labute approximate surface area is 110 Å². The summed E-state index contributed by atoms with van der Waals surface area (Å²) >= 11 is 3.73. The first kappa shape index (κ1) is 12.9. The molecule has 1 aromatic carbocycles. The van der Waals surface area contributed by atoms with E-state index in [4.69, 9.17) is 4.74 Å². The molecule has 0 radical (unpaired) electrons. The van der Waals surface area contributed by atoms with Crippen LogP contribution in [0.25, 0.3) is 0 Å². The maximum atomic E-state index is 13.4. The first-order valence-electron chi connectivity index (χ1n) is 6.11. The summed E-state index contributed by atoms with van der Waals surface area (Å²) in [5.41, 5.74) is 0.936. The Kier molecular flexibility index (Phi) is 4.08. The maximum absolute atomic E-state index is 13.4. The summed E-state index contributed by atoms with van der Waals surface area (Å²) in [6.45, 7) is 2.28. The van der Waals surface area contributed by atoms with Crippen LogP contribution in [-0.2, 0) is 0 Å². The second kappa shape index (κ2) is 5.38. The SMILES string of the molecule is COc1ccc(F)cc1C(Br)C1CCCC1C. The third kappa shape index (κ3) is 2.65. The van der Waals surface area contributed by atoms with Gasteiger partial charge in [0, 0.05) is 10.4 Å². The highest BCUT2D eigenvalue weighted by molar-refractivity contribution is 9.09. The van der Waals surface area contributed by atoms with Crippen molar-refractivity contribution in [3.8, 4) is 5.75 Å². The van der Waals surface area contributed by atoms with Crippen LogP contribution in [0.15, 0.2) is 18.2 Å². The van der Waals surface area contributed by atoms with Gasteiger partial charge in [-0.05, 0) is 36.5 Å². The molecule has 0 N–H and O–H groups in total. The fourth-order valence-corrected chi connectivity index (χ4v) is 3.90. The zero-order valence-electron chi connectivity index (χ0n) is 10.2. The van der Waals surface area contributed by atoms with Gasteiger partial charge in [-0.3, -0.25) is 0 Å². The summed E-state index contributed by atoms with van der Waals surface area (Å²) in [6, 6.07) is 4.74. The molecule has 1 saturated carbocycles. The lowest BCUT2D eigenvalue weighted by molar-refractivity contribution is 0.383. The Morgan fingerprint density at radius 2 is 2.18 bits per heavy atom. The van der Waals surface area contributed by atoms with Gasteiger partial charge in [-0.15, -0.1) is 0 Å². The molecule has 1 nitrogen and oxygen atoms in total. The first-order valence-corrected chi connectivity index (χ1v) is 7.02. The Hall–Kier alpha value is -0.570. The predicted molar refractivity (Wildman–Crippen MR) is 71.1 cm³/mol. The number of rotatable bonds is 3. The van der Waals surface area contributed by atoms with Crippen molar-refractivity contribution in [1.82, 2.24) is 0 Å². The van der Waals surface area contributed by atoms with Crippen molar-refractivity contribution < 1.29 is 9.13 Å². The van der Waals surface area contributed by atoms with Crippen LogP contribution in [0.3, 0.4) is 0 Å². The highest BCUT2D eigenvalue weighted by atomic mass is 79.9. The van der Waals surface area contributed by atoms with Gasteiger partial charge in [0.2, 0.25) is 0 Å². The van der Waals surface area contributed by atoms with Crippen molar-refractivity contribution in [1.29, 1.82) is 0 Å². The molecule has 0 bridgehead atoms. The van der Waals surface area contributed by atoms with Crippen LogP contribution in [0.5, 0.6) is 5.75 Å². The summed E-state index contributed by atoms with van der Waals surface area (Å²) in [6.07, 6.45) is 3.74. The molecule has 1 fully saturated rings. The Bertz CT molecular complexity index is 394. The molecular weight excluding hydrogens is 283 g/mol. The molecule has 0 spiro atoms. The molecule has 2 rings (SSSR count). The van der Waals surface area contributed by atoms with E-state index in [1.54, 1.807) is 19.2 Å². The van der Waals surface area contributed by atoms with Crippen molar-refractivity contribution in [3.63, 3.8) is 0 Å². The summed E-state index contributed by atoms with van der Waals surface area (Å²) in [4.78, 5) is 0.186. The molecule has 1 aliphatic rings. The van der Waals surface area contributed by atoms with Gasteiger partial charge >= 0.3 is 0 Å². The first-order chi connectivity index (χ1) is 8.13. The molecule has 1 aromatic rings. The minimum Gasteiger partial charge on any atom is -0.496 e. The molecule has 3 unspecified atom stereocenters. The van der Waals surface area contributed by atoms with E-state index in [0.29, 0.717) is 11.8 Å². The Balaban J connectivity index is 2.28. The standard InChI is InChI=1S/C14H18BrFO/c1-9-4-3-5-11(9)14(15)12-8-10(16)6-7-13(12)17-2/h6-9,11,14H,3-5H2,1-2H3. The summed E-state index contributed by atoms with van der Waals surface area (Å²) in [7, 11) is 1.63. The Morgan fingerprint density at radius 3 is 2.76 bits per heavy atom. The number of hydrogen-bond donors (Lipinski definition) is 0. The van der Waals surface area contributed by atoms with E-state index in [1.807, 2.05) is 0 Å². The second-order valence-corrected chi connectivity index (χ2v) is 5.85. The average Bonchev–Trinajstić information content (AvgIpc) is 2.74. The molecule has 0 heterocycles. The zero-order chi connectivity index (χ0) is 12.4. The molecular formula is C14H18BrFO. The molecule has 0 aliphatic heterocycles. The molecule has 3 heteroatoms. The van der Waals surface area contributed by atoms with Crippen molar-refractivity contribution in [3.05, 3.63) is 29.6 Å². The number of benzene rings is 1. The highest BCUT2D eigenvalue weighted by Crippen LogP contribution is 2.46. The van der Waals surface area contributed by atoms with Gasteiger partial charge in [0.15, 0.2) is 0 Å². The van der Waals surface area contributed by atoms with E-state index < -0.39 is 0 Å². The third-order valence-corrected chi connectivity index (χ3v) is 4.96. The van der Waals surface area contributed by atoms with Crippen molar-refractivity contribution in [2.75, 3.05) is 7.11 Å². The molecule has 1 aliphatic carbocycles. The number of hydrogen-bond acceptors (Lipinski definition) is 1. The van der Waals surface area contributed by atoms with Crippen LogP contribution in [0.4, 0.5) is 4.39 Å². The number of halogens is 2. The third-order valence-electron chi connectivity index (χ3n) is 3.79. The second-order valence-electron chi connectivity index (χ2n) is 4.86. The van der Waals surface area contributed by atoms with Gasteiger partial charge < -0.3 is 4.74 Å². The van der Waals surface area contributed by atoms with E-state index in [-0.39, 0.29) is 10.6 Å². The predicted octanol–water partition coefficient (Wildman–Crippen LogP) is 4.71. The van der Waals surface area contributed by atoms with E-state index >= 15 is 0 Å². The van der Waals surface area contributed by atoms with Crippen molar-refractivity contribution in [2.24, 2.45) is 11.8 Å². The van der Waals surface area contributed by atoms with E-state index in [2.05, 4.69) is 22.9 Å². The van der Waals surface area contributed by atoms with Crippen LogP contribution >= 0.6 is 15.9 Å². The topological polar surface area (TPSA) is 9.23 Å². The minimum atomic E-state index is -0.198. The summed E-state index contributed by atoms with van der Waals surface area (Å²) < 4.78 is 18.7. The van der Waals surface area contributed by atoms with Gasteiger partial charge in [0.1, 0.15) is 11.6 Å². The number of alkyl halides is 1. The van der Waals surface area contributed by atoms with Crippen molar-refractivity contribution in [2.45, 2.75) is 31.0 Å². The smallest absolute Gasteiger partial charge is 0.123 e. The lowest BCUT2D eigenvalue weighted by Gasteiger charge is -2.23. The largest absolute Gasteiger partial charge is 0.496 e. The van der Waals surface area contributed by atoms with Gasteiger partial charge in [-0.2, -0.15) is 0 Å². The molecule has 94 valence electrons. The lowest BCUT2D eigenvalue weighted by atomic mass is 9.90. The van der Waals surface area contributed by atoms with Gasteiger partial charge in [0.25, 0.3) is 0 Å². The molecule has 0 saturated heterocycles. The lowest BCUT2D eigenvalue weighted by Crippen LogP contribution is -2.11. The van der Waals surface area contributed by atoms with Gasteiger partial charge in [0.05, 0.1) is 7.11 Å². The highest BCUT2D eigenvalue weighted by Gasteiger charge is 2.31. The van der Waals surface area contributed by atoms with Gasteiger partial charge in [-0.1, -0.05) is 35.7 Å². The van der Waals surface area contributed by atoms with Crippen LogP contribution in [-0.4, -0.2) is 7.11 Å². The number of ether oxygens (including phenoxy) is 1. The molecule has 3 atom stereocenters. The molecule has 0 aromatic heterocycles. The molecule has 17 heavy (non-hydrogen) atoms. The van der Waals surface area contributed by atoms with Crippen LogP contribution < -0.4 is 4.74 Å². The summed E-state index contributed by atoms with van der Waals surface area (Å²) in [5.74, 6) is 1.83. The summed E-state index contributed by atoms with van der Waals surface area (Å²) in [5, 5.41) is 0. The van der Waals surface area contributed by atoms with E-state index in [0.717, 1.165) is 11.3 Å². The fraction of sp³-hybridized carbons (Fsp3) is 0.571. The van der Waals surface area contributed by atoms with Crippen LogP contribution in [0.2, 0.25) is 0 Å². The number of methoxy groups -OCH3 is 1. The average molecular weight is 301 g/mol. The molecule has 0 amide bonds. The quantitative estimate of drug-likeness (QED) is 0.735. The van der Waals surface area contributed by atoms with Crippen LogP contribution in [0, 0.1) is 17.7 Å². The van der Waals surface area contributed by atoms with E-state index in [1.165, 1.54) is 25.3 Å². The van der Waals surface area contributed by atoms with E-state index in [9.17, 15) is 4.39 Å². The normalized spacial score (nSPS) is 25.9. The minimum absolute atomic E-state index is 0.186. The maximum Gasteiger partial charge on any atom is 0.123 e. The Morgan fingerprint density at radius 1 is 1.41 bits per heavy atom. The monoisotopic (exact) mass is 300 g/mol. The van der Waals surface area contributed by atoms with Crippen LogP contribution in [0.1, 0.15) is 36.6 Å². The van der Waals surface area contributed by atoms with Gasteiger partial charge in [-0.25, -0.2) is 4.39 Å². The fourth-order valence-electron chi connectivity index (χ4n) is 2.76. The van der Waals surface area contributed by atoms with Crippen molar-refractivity contribution >= 4 is 15.9 Å².